The van der Waals surface area contributed by atoms with Gasteiger partial charge in [0.15, 0.2) is 6.61 Å². The minimum absolute atomic E-state index is 0.0784. The van der Waals surface area contributed by atoms with E-state index in [0.717, 1.165) is 5.56 Å². The summed E-state index contributed by atoms with van der Waals surface area (Å²) in [5.41, 5.74) is 2.77. The van der Waals surface area contributed by atoms with Crippen molar-refractivity contribution in [1.82, 2.24) is 0 Å². The van der Waals surface area contributed by atoms with Gasteiger partial charge in [0, 0.05) is 16.9 Å². The monoisotopic (exact) mass is 411 g/mol. The zero-order valence-corrected chi connectivity index (χ0v) is 17.0. The molecule has 0 saturated heterocycles. The van der Waals surface area contributed by atoms with Gasteiger partial charge in [-0.1, -0.05) is 54.1 Å². The molecule has 6 nitrogen and oxygen atoms in total. The number of nitrogens with zero attached hydrogens (tertiary/aromatic N) is 1. The van der Waals surface area contributed by atoms with Crippen molar-refractivity contribution in [2.45, 2.75) is 6.92 Å². The lowest BCUT2D eigenvalue weighted by Gasteiger charge is -2.10. The second-order valence-corrected chi connectivity index (χ2v) is 6.73. The van der Waals surface area contributed by atoms with E-state index in [9.17, 15) is 14.9 Å². The van der Waals surface area contributed by atoms with E-state index >= 15 is 0 Å². The molecule has 0 aromatic heterocycles. The maximum atomic E-state index is 12.5. The van der Waals surface area contributed by atoms with Crippen LogP contribution in [-0.2, 0) is 9.59 Å². The Morgan fingerprint density at radius 1 is 0.903 bits per heavy atom. The Balaban J connectivity index is 1.69. The van der Waals surface area contributed by atoms with E-state index in [1.54, 1.807) is 48.5 Å². The van der Waals surface area contributed by atoms with Gasteiger partial charge in [-0.2, -0.15) is 5.26 Å². The molecule has 0 fully saturated rings. The fourth-order valence-corrected chi connectivity index (χ4v) is 2.73. The number of benzene rings is 3. The molecule has 154 valence electrons. The molecule has 2 N–H and O–H groups in total. The lowest BCUT2D eigenvalue weighted by atomic mass is 10.1. The smallest absolute Gasteiger partial charge is 0.266 e. The van der Waals surface area contributed by atoms with E-state index in [0.29, 0.717) is 22.7 Å². The Kier molecular flexibility index (Phi) is 7.17. The number of amides is 2. The highest BCUT2D eigenvalue weighted by molar-refractivity contribution is 6.09. The third kappa shape index (κ3) is 6.31. The van der Waals surface area contributed by atoms with Gasteiger partial charge in [-0.05, 0) is 43.3 Å². The summed E-state index contributed by atoms with van der Waals surface area (Å²) in [4.78, 5) is 24.6. The highest BCUT2D eigenvalue weighted by Gasteiger charge is 2.12. The third-order valence-electron chi connectivity index (χ3n) is 4.31. The summed E-state index contributed by atoms with van der Waals surface area (Å²) >= 11 is 0. The largest absolute Gasteiger partial charge is 0.483 e. The second kappa shape index (κ2) is 10.4. The number of nitriles is 1. The van der Waals surface area contributed by atoms with Crippen molar-refractivity contribution in [3.63, 3.8) is 0 Å². The fourth-order valence-electron chi connectivity index (χ4n) is 2.73. The molecule has 31 heavy (non-hydrogen) atoms. The maximum Gasteiger partial charge on any atom is 0.266 e. The van der Waals surface area contributed by atoms with E-state index in [2.05, 4.69) is 10.6 Å². The van der Waals surface area contributed by atoms with E-state index in [-0.39, 0.29) is 18.1 Å². The van der Waals surface area contributed by atoms with Crippen LogP contribution in [0.1, 0.15) is 11.1 Å². The molecule has 0 saturated carbocycles. The van der Waals surface area contributed by atoms with Gasteiger partial charge < -0.3 is 15.4 Å². The van der Waals surface area contributed by atoms with Crippen molar-refractivity contribution in [3.8, 4) is 11.8 Å². The molecule has 6 heteroatoms. The number of rotatable bonds is 7. The van der Waals surface area contributed by atoms with Crippen LogP contribution in [0.4, 0.5) is 11.4 Å². The number of anilines is 2. The maximum absolute atomic E-state index is 12.5. The first-order valence-electron chi connectivity index (χ1n) is 9.61. The molecular weight excluding hydrogens is 390 g/mol. The summed E-state index contributed by atoms with van der Waals surface area (Å²) in [6.45, 7) is 1.74. The number of carbonyl (C=O) groups is 2. The summed E-state index contributed by atoms with van der Waals surface area (Å²) in [7, 11) is 0. The van der Waals surface area contributed by atoms with Crippen LogP contribution in [0.15, 0.2) is 84.4 Å². The Hall–Kier alpha value is -4.37. The van der Waals surface area contributed by atoms with Crippen molar-refractivity contribution in [3.05, 3.63) is 95.6 Å². The molecule has 0 atom stereocenters. The van der Waals surface area contributed by atoms with Crippen molar-refractivity contribution >= 4 is 29.3 Å². The average molecular weight is 411 g/mol. The van der Waals surface area contributed by atoms with Crippen LogP contribution in [0.2, 0.25) is 0 Å². The molecule has 0 aliphatic heterocycles. The van der Waals surface area contributed by atoms with Gasteiger partial charge in [0.2, 0.25) is 0 Å². The van der Waals surface area contributed by atoms with E-state index in [4.69, 9.17) is 4.74 Å². The SMILES string of the molecule is Cc1ccc(NC(=O)/C(C#N)=C/c2ccccc2OCC(=O)Nc2ccccc2)cc1. The Morgan fingerprint density at radius 2 is 1.55 bits per heavy atom. The predicted molar refractivity (Wildman–Crippen MR) is 120 cm³/mol. The number of carbonyl (C=O) groups excluding carboxylic acids is 2. The van der Waals surface area contributed by atoms with Crippen LogP contribution in [0.25, 0.3) is 6.08 Å². The summed E-state index contributed by atoms with van der Waals surface area (Å²) in [5.74, 6) is -0.452. The van der Waals surface area contributed by atoms with Gasteiger partial charge in [-0.3, -0.25) is 9.59 Å². The van der Waals surface area contributed by atoms with Crippen LogP contribution in [0, 0.1) is 18.3 Å². The number of aryl methyl sites for hydroxylation is 1. The zero-order valence-electron chi connectivity index (χ0n) is 17.0. The first-order valence-corrected chi connectivity index (χ1v) is 9.61. The Morgan fingerprint density at radius 3 is 2.26 bits per heavy atom. The first kappa shape index (κ1) is 21.3. The van der Waals surface area contributed by atoms with Crippen molar-refractivity contribution in [1.29, 1.82) is 5.26 Å². The van der Waals surface area contributed by atoms with Crippen molar-refractivity contribution < 1.29 is 14.3 Å². The molecule has 0 radical (unpaired) electrons. The van der Waals surface area contributed by atoms with Gasteiger partial charge in [-0.25, -0.2) is 0 Å². The van der Waals surface area contributed by atoms with Crippen LogP contribution in [0.3, 0.4) is 0 Å². The average Bonchev–Trinajstić information content (AvgIpc) is 2.79. The van der Waals surface area contributed by atoms with Gasteiger partial charge in [0.1, 0.15) is 17.4 Å². The summed E-state index contributed by atoms with van der Waals surface area (Å²) < 4.78 is 5.63. The fraction of sp³-hybridized carbons (Fsp3) is 0.0800. The number of hydrogen-bond donors (Lipinski definition) is 2. The zero-order chi connectivity index (χ0) is 22.1. The first-order chi connectivity index (χ1) is 15.0. The van der Waals surface area contributed by atoms with Gasteiger partial charge in [-0.15, -0.1) is 0 Å². The van der Waals surface area contributed by atoms with Crippen LogP contribution < -0.4 is 15.4 Å². The molecule has 0 bridgehead atoms. The minimum atomic E-state index is -0.525. The van der Waals surface area contributed by atoms with E-state index < -0.39 is 5.91 Å². The lowest BCUT2D eigenvalue weighted by Crippen LogP contribution is -2.20. The molecule has 0 aliphatic carbocycles. The van der Waals surface area contributed by atoms with Gasteiger partial charge in [0.05, 0.1) is 0 Å². The highest BCUT2D eigenvalue weighted by Crippen LogP contribution is 2.22. The summed E-state index contributed by atoms with van der Waals surface area (Å²) in [6, 6.07) is 25.1. The number of hydrogen-bond acceptors (Lipinski definition) is 4. The topological polar surface area (TPSA) is 91.2 Å². The summed E-state index contributed by atoms with van der Waals surface area (Å²) in [5, 5.41) is 14.9. The quantitative estimate of drug-likeness (QED) is 0.440. The molecule has 2 amide bonds. The van der Waals surface area contributed by atoms with E-state index in [1.807, 2.05) is 43.3 Å². The molecular formula is C25H21N3O3. The number of para-hydroxylation sites is 2. The standard InChI is InChI=1S/C25H21N3O3/c1-18-11-13-22(14-12-18)28-25(30)20(16-26)15-19-7-5-6-10-23(19)31-17-24(29)27-21-8-3-2-4-9-21/h2-15H,17H2,1H3,(H,27,29)(H,28,30)/b20-15+. The molecule has 3 aromatic rings. The molecule has 0 spiro atoms. The normalized spacial score (nSPS) is 10.6. The molecule has 3 aromatic carbocycles. The highest BCUT2D eigenvalue weighted by atomic mass is 16.5. The van der Waals surface area contributed by atoms with Crippen LogP contribution in [-0.4, -0.2) is 18.4 Å². The minimum Gasteiger partial charge on any atom is -0.483 e. The third-order valence-corrected chi connectivity index (χ3v) is 4.31. The van der Waals surface area contributed by atoms with Crippen molar-refractivity contribution in [2.75, 3.05) is 17.2 Å². The summed E-state index contributed by atoms with van der Waals surface area (Å²) in [6.07, 6.45) is 1.44. The number of ether oxygens (including phenoxy) is 1. The Labute approximate surface area is 180 Å². The van der Waals surface area contributed by atoms with Crippen molar-refractivity contribution in [2.24, 2.45) is 0 Å². The molecule has 3 rings (SSSR count). The molecule has 0 heterocycles. The van der Waals surface area contributed by atoms with Crippen LogP contribution in [0.5, 0.6) is 5.75 Å². The van der Waals surface area contributed by atoms with E-state index in [1.165, 1.54) is 6.08 Å². The second-order valence-electron chi connectivity index (χ2n) is 6.73. The molecule has 0 aliphatic rings. The van der Waals surface area contributed by atoms with Gasteiger partial charge >= 0.3 is 0 Å². The number of nitrogens with one attached hydrogen (secondary N) is 2. The molecule has 0 unspecified atom stereocenters. The lowest BCUT2D eigenvalue weighted by molar-refractivity contribution is -0.118. The predicted octanol–water partition coefficient (Wildman–Crippen LogP) is 4.56. The Bertz CT molecular complexity index is 1130. The van der Waals surface area contributed by atoms with Gasteiger partial charge in [0.25, 0.3) is 11.8 Å². The van der Waals surface area contributed by atoms with Crippen LogP contribution >= 0.6 is 0 Å².